The van der Waals surface area contributed by atoms with Gasteiger partial charge in [0.05, 0.1) is 11.0 Å². The highest BCUT2D eigenvalue weighted by molar-refractivity contribution is 7.26. The van der Waals surface area contributed by atoms with Gasteiger partial charge in [-0.25, -0.2) is 4.98 Å². The molecule has 262 valence electrons. The fraction of sp³-hybridized carbons (Fsp3) is 0. The van der Waals surface area contributed by atoms with Crippen molar-refractivity contribution in [2.24, 2.45) is 0 Å². The van der Waals surface area contributed by atoms with Crippen LogP contribution in [0.15, 0.2) is 194 Å². The Balaban J connectivity index is 1.20. The van der Waals surface area contributed by atoms with Gasteiger partial charge in [-0.15, -0.1) is 11.3 Å². The maximum absolute atomic E-state index is 5.28. The summed E-state index contributed by atoms with van der Waals surface area (Å²) in [6.45, 7) is 0. The second-order valence-electron chi connectivity index (χ2n) is 14.0. The lowest BCUT2D eigenvalue weighted by molar-refractivity contribution is 0.954. The van der Waals surface area contributed by atoms with Gasteiger partial charge < -0.3 is 0 Å². The molecular formula is C51H32N4S. The SMILES string of the molecule is c1ccc(-c2ccc(-c3nc(-c4ccccc4)nc(-n4c5ccc(-c6ccccc6)cc5c5c6c(ccc54)sc4c(-c5ccccc5)cccc46)n3)cc2)cc1. The molecule has 0 radical (unpaired) electrons. The van der Waals surface area contributed by atoms with Gasteiger partial charge in [0.1, 0.15) is 0 Å². The number of thiophene rings is 1. The molecule has 0 fully saturated rings. The van der Waals surface area contributed by atoms with E-state index in [-0.39, 0.29) is 0 Å². The summed E-state index contributed by atoms with van der Waals surface area (Å²) < 4.78 is 4.77. The summed E-state index contributed by atoms with van der Waals surface area (Å²) in [5.41, 5.74) is 11.1. The standard InChI is InChI=1S/C51H32N4S/c1-5-14-33(15-6-1)35-24-26-38(27-25-35)50-52-49(37-20-11-4-12-21-37)53-51(54-50)55-43-29-28-39(34-16-7-2-8-17-34)32-42(43)46-44(55)30-31-45-47(46)41-23-13-22-40(48(41)56-45)36-18-9-3-10-19-36/h1-32H. The van der Waals surface area contributed by atoms with Crippen LogP contribution >= 0.6 is 11.3 Å². The van der Waals surface area contributed by atoms with Gasteiger partial charge in [-0.1, -0.05) is 170 Å². The van der Waals surface area contributed by atoms with Crippen molar-refractivity contribution in [2.75, 3.05) is 0 Å². The Bertz CT molecular complexity index is 3210. The third-order valence-corrected chi connectivity index (χ3v) is 11.9. The predicted octanol–water partition coefficient (Wildman–Crippen LogP) is 13.7. The number of hydrogen-bond acceptors (Lipinski definition) is 4. The molecule has 0 spiro atoms. The molecule has 0 bridgehead atoms. The number of hydrogen-bond donors (Lipinski definition) is 0. The van der Waals surface area contributed by atoms with E-state index in [4.69, 9.17) is 15.0 Å². The Morgan fingerprint density at radius 2 is 0.875 bits per heavy atom. The van der Waals surface area contributed by atoms with Crippen LogP contribution in [0.4, 0.5) is 0 Å². The van der Waals surface area contributed by atoms with Gasteiger partial charge in [0.2, 0.25) is 5.95 Å². The molecule has 0 aliphatic heterocycles. The van der Waals surface area contributed by atoms with Crippen molar-refractivity contribution >= 4 is 53.3 Å². The summed E-state index contributed by atoms with van der Waals surface area (Å²) in [5, 5.41) is 4.86. The van der Waals surface area contributed by atoms with Crippen molar-refractivity contribution in [1.29, 1.82) is 0 Å². The Hall–Kier alpha value is -7.21. The molecule has 56 heavy (non-hydrogen) atoms. The average molecular weight is 733 g/mol. The highest BCUT2D eigenvalue weighted by atomic mass is 32.1. The minimum atomic E-state index is 0.581. The van der Waals surface area contributed by atoms with E-state index in [0.717, 1.165) is 33.1 Å². The number of rotatable bonds is 6. The van der Waals surface area contributed by atoms with Gasteiger partial charge in [-0.05, 0) is 57.6 Å². The number of aromatic nitrogens is 4. The van der Waals surface area contributed by atoms with E-state index in [2.05, 4.69) is 174 Å². The van der Waals surface area contributed by atoms with Crippen LogP contribution in [0.2, 0.25) is 0 Å². The van der Waals surface area contributed by atoms with Crippen molar-refractivity contribution < 1.29 is 0 Å². The zero-order valence-electron chi connectivity index (χ0n) is 30.2. The van der Waals surface area contributed by atoms with Gasteiger partial charge in [0.25, 0.3) is 0 Å². The fourth-order valence-electron chi connectivity index (χ4n) is 8.02. The van der Waals surface area contributed by atoms with E-state index in [1.165, 1.54) is 53.4 Å². The maximum Gasteiger partial charge on any atom is 0.238 e. The molecule has 4 nitrogen and oxygen atoms in total. The lowest BCUT2D eigenvalue weighted by Crippen LogP contribution is -2.06. The average Bonchev–Trinajstić information content (AvgIpc) is 3.83. The summed E-state index contributed by atoms with van der Waals surface area (Å²) in [7, 11) is 0. The van der Waals surface area contributed by atoms with Crippen LogP contribution in [0.5, 0.6) is 0 Å². The van der Waals surface area contributed by atoms with Crippen LogP contribution in [0.1, 0.15) is 0 Å². The quantitative estimate of drug-likeness (QED) is 0.171. The summed E-state index contributed by atoms with van der Waals surface area (Å²) in [4.78, 5) is 15.6. The van der Waals surface area contributed by atoms with Gasteiger partial charge in [0.15, 0.2) is 11.6 Å². The molecule has 0 atom stereocenters. The Morgan fingerprint density at radius 1 is 0.357 bits per heavy atom. The molecule has 3 aromatic heterocycles. The second kappa shape index (κ2) is 13.3. The van der Waals surface area contributed by atoms with Crippen molar-refractivity contribution in [3.8, 4) is 62.1 Å². The minimum absolute atomic E-state index is 0.581. The highest BCUT2D eigenvalue weighted by Crippen LogP contribution is 2.46. The van der Waals surface area contributed by atoms with Gasteiger partial charge in [0, 0.05) is 42.1 Å². The third-order valence-electron chi connectivity index (χ3n) is 10.7. The Labute approximate surface area is 327 Å². The van der Waals surface area contributed by atoms with Crippen LogP contribution < -0.4 is 0 Å². The molecular weight excluding hydrogens is 701 g/mol. The van der Waals surface area contributed by atoms with E-state index in [9.17, 15) is 0 Å². The first kappa shape index (κ1) is 32.2. The highest BCUT2D eigenvalue weighted by Gasteiger charge is 2.22. The van der Waals surface area contributed by atoms with Gasteiger partial charge >= 0.3 is 0 Å². The summed E-state index contributed by atoms with van der Waals surface area (Å²) in [6, 6.07) is 68.5. The number of nitrogens with zero attached hydrogens (tertiary/aromatic N) is 4. The minimum Gasteiger partial charge on any atom is -0.278 e. The molecule has 0 unspecified atom stereocenters. The van der Waals surface area contributed by atoms with Crippen LogP contribution in [-0.4, -0.2) is 19.5 Å². The van der Waals surface area contributed by atoms with E-state index in [0.29, 0.717) is 17.6 Å². The van der Waals surface area contributed by atoms with Crippen LogP contribution in [0.3, 0.4) is 0 Å². The van der Waals surface area contributed by atoms with Crippen molar-refractivity contribution in [2.45, 2.75) is 0 Å². The molecule has 0 saturated heterocycles. The molecule has 11 rings (SSSR count). The Morgan fingerprint density at radius 3 is 1.54 bits per heavy atom. The fourth-order valence-corrected chi connectivity index (χ4v) is 9.27. The number of fused-ring (bicyclic) bond motifs is 7. The van der Waals surface area contributed by atoms with Gasteiger partial charge in [-0.2, -0.15) is 9.97 Å². The molecule has 3 heterocycles. The molecule has 11 aromatic rings. The molecule has 0 aliphatic rings. The second-order valence-corrected chi connectivity index (χ2v) is 15.1. The zero-order chi connectivity index (χ0) is 37.0. The predicted molar refractivity (Wildman–Crippen MR) is 234 cm³/mol. The molecule has 0 N–H and O–H groups in total. The van der Waals surface area contributed by atoms with Crippen molar-refractivity contribution in [1.82, 2.24) is 19.5 Å². The lowest BCUT2D eigenvalue weighted by Gasteiger charge is -2.11. The summed E-state index contributed by atoms with van der Waals surface area (Å²) >= 11 is 1.86. The van der Waals surface area contributed by atoms with E-state index in [1.807, 2.05) is 35.6 Å². The summed E-state index contributed by atoms with van der Waals surface area (Å²) in [5.74, 6) is 1.83. The van der Waals surface area contributed by atoms with E-state index in [1.54, 1.807) is 0 Å². The normalized spacial score (nSPS) is 11.6. The van der Waals surface area contributed by atoms with E-state index >= 15 is 0 Å². The molecule has 5 heteroatoms. The lowest BCUT2D eigenvalue weighted by atomic mass is 9.99. The van der Waals surface area contributed by atoms with Crippen molar-refractivity contribution in [3.63, 3.8) is 0 Å². The third kappa shape index (κ3) is 5.40. The largest absolute Gasteiger partial charge is 0.278 e. The first-order chi connectivity index (χ1) is 27.8. The molecule has 8 aromatic carbocycles. The van der Waals surface area contributed by atoms with Crippen LogP contribution in [-0.2, 0) is 0 Å². The zero-order valence-corrected chi connectivity index (χ0v) is 31.0. The molecule has 0 saturated carbocycles. The van der Waals surface area contributed by atoms with E-state index < -0.39 is 0 Å². The topological polar surface area (TPSA) is 43.6 Å². The molecule has 0 aliphatic carbocycles. The first-order valence-corrected chi connectivity index (χ1v) is 19.6. The maximum atomic E-state index is 5.28. The smallest absolute Gasteiger partial charge is 0.238 e. The monoisotopic (exact) mass is 732 g/mol. The number of benzene rings is 8. The van der Waals surface area contributed by atoms with Crippen LogP contribution in [0, 0.1) is 0 Å². The Kier molecular flexibility index (Phi) is 7.64. The van der Waals surface area contributed by atoms with Crippen LogP contribution in [0.25, 0.3) is 104 Å². The summed E-state index contributed by atoms with van der Waals surface area (Å²) in [6.07, 6.45) is 0. The van der Waals surface area contributed by atoms with Gasteiger partial charge in [-0.3, -0.25) is 4.57 Å². The van der Waals surface area contributed by atoms with Crippen molar-refractivity contribution in [3.05, 3.63) is 194 Å². The molecule has 0 amide bonds. The first-order valence-electron chi connectivity index (χ1n) is 18.8.